The molecule has 1 heterocycles. The van der Waals surface area contributed by atoms with E-state index in [9.17, 15) is 9.59 Å². The lowest BCUT2D eigenvalue weighted by Crippen LogP contribution is -2.35. The number of allylic oxidation sites excluding steroid dienone is 2. The van der Waals surface area contributed by atoms with E-state index in [1.165, 1.54) is 5.57 Å². The zero-order valence-corrected chi connectivity index (χ0v) is 17.1. The molecule has 0 bridgehead atoms. The summed E-state index contributed by atoms with van der Waals surface area (Å²) in [7, 11) is 1.59. The van der Waals surface area contributed by atoms with E-state index in [1.807, 2.05) is 19.9 Å². The Balaban J connectivity index is 1.48. The van der Waals surface area contributed by atoms with Crippen LogP contribution in [0.5, 0.6) is 5.75 Å². The molecule has 0 saturated heterocycles. The summed E-state index contributed by atoms with van der Waals surface area (Å²) in [6, 6.07) is 7.05. The Kier molecular flexibility index (Phi) is 5.49. The number of benzene rings is 1. The molecule has 2 atom stereocenters. The lowest BCUT2D eigenvalue weighted by atomic mass is 10.1. The third kappa shape index (κ3) is 4.06. The minimum absolute atomic E-state index is 0.0107. The Morgan fingerprint density at radius 3 is 2.57 bits per heavy atom. The molecule has 2 N–H and O–H groups in total. The summed E-state index contributed by atoms with van der Waals surface area (Å²) in [6.07, 6.45) is 2.17. The Morgan fingerprint density at radius 1 is 1.18 bits per heavy atom. The topological polar surface area (TPSA) is 80.6 Å². The molecule has 6 nitrogen and oxygen atoms in total. The quantitative estimate of drug-likeness (QED) is 0.565. The molecule has 1 aliphatic rings. The average molecular weight is 384 g/mol. The summed E-state index contributed by atoms with van der Waals surface area (Å²) >= 11 is 0. The molecule has 1 aliphatic carbocycles. The van der Waals surface area contributed by atoms with Crippen LogP contribution in [0.4, 0.5) is 0 Å². The van der Waals surface area contributed by atoms with E-state index in [-0.39, 0.29) is 34.8 Å². The molecule has 2 unspecified atom stereocenters. The van der Waals surface area contributed by atoms with Gasteiger partial charge in [0.15, 0.2) is 5.76 Å². The fourth-order valence-electron chi connectivity index (χ4n) is 3.67. The van der Waals surface area contributed by atoms with Crippen molar-refractivity contribution in [1.29, 1.82) is 0 Å². The first-order valence-corrected chi connectivity index (χ1v) is 9.52. The molecule has 1 aromatic carbocycles. The van der Waals surface area contributed by atoms with Crippen molar-refractivity contribution in [1.82, 2.24) is 10.6 Å². The van der Waals surface area contributed by atoms with Gasteiger partial charge in [-0.3, -0.25) is 9.59 Å². The number of methoxy groups -OCH3 is 1. The Morgan fingerprint density at radius 2 is 1.89 bits per heavy atom. The summed E-state index contributed by atoms with van der Waals surface area (Å²) in [5, 5.41) is 6.50. The van der Waals surface area contributed by atoms with Crippen LogP contribution >= 0.6 is 0 Å². The highest BCUT2D eigenvalue weighted by Gasteiger charge is 2.60. The van der Waals surface area contributed by atoms with Crippen LogP contribution in [0.15, 0.2) is 40.3 Å². The summed E-state index contributed by atoms with van der Waals surface area (Å²) in [4.78, 5) is 24.7. The van der Waals surface area contributed by atoms with E-state index in [0.29, 0.717) is 24.4 Å². The molecule has 2 aromatic rings. The lowest BCUT2D eigenvalue weighted by Gasteiger charge is -2.07. The van der Waals surface area contributed by atoms with Crippen molar-refractivity contribution < 1.29 is 18.7 Å². The van der Waals surface area contributed by atoms with E-state index >= 15 is 0 Å². The fourth-order valence-corrected chi connectivity index (χ4v) is 3.67. The first-order chi connectivity index (χ1) is 13.2. The summed E-state index contributed by atoms with van der Waals surface area (Å²) in [5.41, 5.74) is 1.84. The van der Waals surface area contributed by atoms with E-state index < -0.39 is 0 Å². The van der Waals surface area contributed by atoms with E-state index in [2.05, 4.69) is 30.6 Å². The second-order valence-electron chi connectivity index (χ2n) is 8.13. The highest BCUT2D eigenvalue weighted by atomic mass is 16.5. The van der Waals surface area contributed by atoms with Gasteiger partial charge < -0.3 is 19.8 Å². The number of carbonyl (C=O) groups excluding carboxylic acids is 2. The zero-order valence-electron chi connectivity index (χ0n) is 17.1. The Labute approximate surface area is 165 Å². The lowest BCUT2D eigenvalue weighted by molar-refractivity contribution is -0.123. The maximum Gasteiger partial charge on any atom is 0.287 e. The van der Waals surface area contributed by atoms with Crippen LogP contribution < -0.4 is 15.4 Å². The Hall–Kier alpha value is -2.76. The molecular formula is C22H28N2O4. The highest BCUT2D eigenvalue weighted by Crippen LogP contribution is 2.59. The molecule has 28 heavy (non-hydrogen) atoms. The summed E-state index contributed by atoms with van der Waals surface area (Å²) in [6.45, 7) is 9.04. The van der Waals surface area contributed by atoms with Gasteiger partial charge in [-0.2, -0.15) is 0 Å². The van der Waals surface area contributed by atoms with Gasteiger partial charge in [-0.1, -0.05) is 25.5 Å². The average Bonchev–Trinajstić information content (AvgIpc) is 2.99. The maximum atomic E-state index is 12.4. The van der Waals surface area contributed by atoms with E-state index in [0.717, 1.165) is 5.39 Å². The standard InChI is InChI=1S/C22H28N2O4/c1-13(2)10-16-19(22(16,3)4)21(26)24-9-8-23-20(25)18-12-14-11-15(27-5)6-7-17(14)28-18/h6-7,10-12,16,19H,8-9H2,1-5H3,(H,23,25)(H,24,26). The number of furan rings is 1. The molecule has 3 rings (SSSR count). The van der Waals surface area contributed by atoms with Crippen molar-refractivity contribution in [3.8, 4) is 5.75 Å². The van der Waals surface area contributed by atoms with E-state index in [4.69, 9.17) is 9.15 Å². The van der Waals surface area contributed by atoms with Crippen molar-refractivity contribution in [2.75, 3.05) is 20.2 Å². The largest absolute Gasteiger partial charge is 0.497 e. The number of carbonyl (C=O) groups is 2. The van der Waals surface area contributed by atoms with Gasteiger partial charge in [0.25, 0.3) is 5.91 Å². The highest BCUT2D eigenvalue weighted by molar-refractivity contribution is 5.96. The first-order valence-electron chi connectivity index (χ1n) is 9.52. The van der Waals surface area contributed by atoms with Crippen LogP contribution in [-0.2, 0) is 4.79 Å². The van der Waals surface area contributed by atoms with Gasteiger partial charge in [-0.25, -0.2) is 0 Å². The number of rotatable bonds is 7. The van der Waals surface area contributed by atoms with Gasteiger partial charge in [-0.05, 0) is 49.4 Å². The second kappa shape index (κ2) is 7.70. The molecule has 1 fully saturated rings. The minimum atomic E-state index is -0.307. The number of fused-ring (bicyclic) bond motifs is 1. The Bertz CT molecular complexity index is 922. The zero-order chi connectivity index (χ0) is 20.5. The van der Waals surface area contributed by atoms with Crippen LogP contribution in [0.25, 0.3) is 11.0 Å². The smallest absolute Gasteiger partial charge is 0.287 e. The molecule has 0 spiro atoms. The fraction of sp³-hybridized carbons (Fsp3) is 0.455. The van der Waals surface area contributed by atoms with Crippen LogP contribution in [0.2, 0.25) is 0 Å². The molecule has 6 heteroatoms. The predicted octanol–water partition coefficient (Wildman–Crippen LogP) is 3.53. The van der Waals surface area contributed by atoms with E-state index in [1.54, 1.807) is 25.3 Å². The van der Waals surface area contributed by atoms with Crippen LogP contribution in [0.1, 0.15) is 38.2 Å². The first kappa shape index (κ1) is 20.0. The molecular weight excluding hydrogens is 356 g/mol. The number of ether oxygens (including phenoxy) is 1. The predicted molar refractivity (Wildman–Crippen MR) is 108 cm³/mol. The number of hydrogen-bond acceptors (Lipinski definition) is 4. The van der Waals surface area contributed by atoms with Crippen LogP contribution in [0, 0.1) is 17.3 Å². The third-order valence-corrected chi connectivity index (χ3v) is 5.36. The SMILES string of the molecule is COc1ccc2oc(C(=O)NCCNC(=O)C3C(C=C(C)C)C3(C)C)cc2c1. The van der Waals surface area contributed by atoms with Crippen LogP contribution in [0.3, 0.4) is 0 Å². The number of nitrogens with one attached hydrogen (secondary N) is 2. The second-order valence-corrected chi connectivity index (χ2v) is 8.13. The summed E-state index contributed by atoms with van der Waals surface area (Å²) < 4.78 is 10.7. The number of amides is 2. The normalized spacial score (nSPS) is 19.8. The third-order valence-electron chi connectivity index (χ3n) is 5.36. The molecule has 2 amide bonds. The monoisotopic (exact) mass is 384 g/mol. The van der Waals surface area contributed by atoms with Crippen LogP contribution in [-0.4, -0.2) is 32.0 Å². The maximum absolute atomic E-state index is 12.4. The molecule has 150 valence electrons. The van der Waals surface area contributed by atoms with Gasteiger partial charge in [0.1, 0.15) is 11.3 Å². The van der Waals surface area contributed by atoms with Crippen molar-refractivity contribution in [3.63, 3.8) is 0 Å². The van der Waals surface area contributed by atoms with Gasteiger partial charge in [-0.15, -0.1) is 0 Å². The number of hydrogen-bond donors (Lipinski definition) is 2. The molecule has 1 saturated carbocycles. The van der Waals surface area contributed by atoms with Crippen molar-refractivity contribution in [2.24, 2.45) is 17.3 Å². The van der Waals surface area contributed by atoms with Crippen molar-refractivity contribution in [2.45, 2.75) is 27.7 Å². The van der Waals surface area contributed by atoms with Crippen molar-refractivity contribution >= 4 is 22.8 Å². The summed E-state index contributed by atoms with van der Waals surface area (Å²) in [5.74, 6) is 0.943. The molecule has 0 aliphatic heterocycles. The molecule has 0 radical (unpaired) electrons. The van der Waals surface area contributed by atoms with Gasteiger partial charge in [0.05, 0.1) is 13.0 Å². The van der Waals surface area contributed by atoms with Crippen molar-refractivity contribution in [3.05, 3.63) is 41.7 Å². The minimum Gasteiger partial charge on any atom is -0.497 e. The van der Waals surface area contributed by atoms with Gasteiger partial charge in [0.2, 0.25) is 5.91 Å². The van der Waals surface area contributed by atoms with Gasteiger partial charge in [0, 0.05) is 18.5 Å². The molecule has 1 aromatic heterocycles. The van der Waals surface area contributed by atoms with Gasteiger partial charge >= 0.3 is 0 Å².